The van der Waals surface area contributed by atoms with Gasteiger partial charge in [-0.05, 0) is 17.7 Å². The van der Waals surface area contributed by atoms with Gasteiger partial charge in [0, 0.05) is 5.69 Å². The average molecular weight is 208 g/mol. The van der Waals surface area contributed by atoms with Gasteiger partial charge < -0.3 is 15.7 Å². The van der Waals surface area contributed by atoms with Gasteiger partial charge in [-0.3, -0.25) is 9.59 Å². The van der Waals surface area contributed by atoms with Crippen molar-refractivity contribution in [1.82, 2.24) is 5.32 Å². The Hall–Kier alpha value is -1.88. The third kappa shape index (κ3) is 3.78. The van der Waals surface area contributed by atoms with Gasteiger partial charge in [0.15, 0.2) is 0 Å². The highest BCUT2D eigenvalue weighted by Gasteiger charge is 2.00. The number of hydrogen-bond acceptors (Lipinski definition) is 3. The second-order valence-corrected chi connectivity index (χ2v) is 2.90. The lowest BCUT2D eigenvalue weighted by Crippen LogP contribution is -2.26. The van der Waals surface area contributed by atoms with Gasteiger partial charge in [-0.25, -0.2) is 0 Å². The van der Waals surface area contributed by atoms with Crippen molar-refractivity contribution in [3.63, 3.8) is 0 Å². The Morgan fingerprint density at radius 2 is 2.00 bits per heavy atom. The molecule has 0 unspecified atom stereocenters. The van der Waals surface area contributed by atoms with Gasteiger partial charge in [0.05, 0.1) is 13.2 Å². The minimum atomic E-state index is -0.293. The van der Waals surface area contributed by atoms with Crippen molar-refractivity contribution in [2.75, 3.05) is 11.9 Å². The summed E-state index contributed by atoms with van der Waals surface area (Å²) in [4.78, 5) is 21.1. The molecule has 0 spiro atoms. The van der Waals surface area contributed by atoms with Crippen LogP contribution in [0.4, 0.5) is 5.69 Å². The van der Waals surface area contributed by atoms with E-state index in [9.17, 15) is 9.59 Å². The maximum Gasteiger partial charge on any atom is 0.243 e. The largest absolute Gasteiger partial charge is 0.392 e. The van der Waals surface area contributed by atoms with E-state index in [-0.39, 0.29) is 19.1 Å². The van der Waals surface area contributed by atoms with Crippen molar-refractivity contribution >= 4 is 18.0 Å². The molecule has 0 aromatic heterocycles. The van der Waals surface area contributed by atoms with Crippen LogP contribution in [-0.2, 0) is 16.2 Å². The monoisotopic (exact) mass is 208 g/mol. The Morgan fingerprint density at radius 1 is 1.33 bits per heavy atom. The molecule has 3 N–H and O–H groups in total. The molecule has 5 nitrogen and oxygen atoms in total. The van der Waals surface area contributed by atoms with Gasteiger partial charge in [0.25, 0.3) is 0 Å². The zero-order valence-corrected chi connectivity index (χ0v) is 8.06. The van der Waals surface area contributed by atoms with E-state index in [1.807, 2.05) is 0 Å². The minimum absolute atomic E-state index is 0.0269. The Labute approximate surface area is 87.1 Å². The van der Waals surface area contributed by atoms with Crippen LogP contribution in [0.2, 0.25) is 0 Å². The summed E-state index contributed by atoms with van der Waals surface area (Å²) in [6.45, 7) is -0.0772. The van der Waals surface area contributed by atoms with Crippen molar-refractivity contribution in [3.8, 4) is 0 Å². The molecule has 0 fully saturated rings. The SMILES string of the molecule is O=CNCC(=O)Nc1ccc(CO)cc1. The molecule has 0 atom stereocenters. The number of amides is 2. The van der Waals surface area contributed by atoms with Crippen LogP contribution in [0.15, 0.2) is 24.3 Å². The number of anilines is 1. The summed E-state index contributed by atoms with van der Waals surface area (Å²) in [5.74, 6) is -0.293. The molecule has 0 aliphatic rings. The van der Waals surface area contributed by atoms with E-state index in [2.05, 4.69) is 10.6 Å². The van der Waals surface area contributed by atoms with Gasteiger partial charge in [0.2, 0.25) is 12.3 Å². The molecule has 1 rings (SSSR count). The zero-order valence-electron chi connectivity index (χ0n) is 8.06. The fraction of sp³-hybridized carbons (Fsp3) is 0.200. The summed E-state index contributed by atoms with van der Waals surface area (Å²) in [6, 6.07) is 6.79. The third-order valence-electron chi connectivity index (χ3n) is 1.77. The first-order chi connectivity index (χ1) is 7.26. The number of nitrogens with one attached hydrogen (secondary N) is 2. The topological polar surface area (TPSA) is 78.4 Å². The molecule has 0 aliphatic carbocycles. The lowest BCUT2D eigenvalue weighted by Gasteiger charge is -2.04. The number of aliphatic hydroxyl groups excluding tert-OH is 1. The molecule has 0 saturated heterocycles. The summed E-state index contributed by atoms with van der Waals surface area (Å²) in [5, 5.41) is 13.6. The third-order valence-corrected chi connectivity index (χ3v) is 1.77. The van der Waals surface area contributed by atoms with Gasteiger partial charge >= 0.3 is 0 Å². The maximum atomic E-state index is 11.1. The number of carbonyl (C=O) groups excluding carboxylic acids is 2. The highest BCUT2D eigenvalue weighted by Crippen LogP contribution is 2.08. The molecule has 0 aliphatic heterocycles. The number of hydrogen-bond donors (Lipinski definition) is 3. The van der Waals surface area contributed by atoms with Crippen molar-refractivity contribution in [1.29, 1.82) is 0 Å². The fourth-order valence-corrected chi connectivity index (χ4v) is 1.03. The molecular formula is C10H12N2O3. The molecular weight excluding hydrogens is 196 g/mol. The lowest BCUT2D eigenvalue weighted by molar-refractivity contribution is -0.118. The fourth-order valence-electron chi connectivity index (χ4n) is 1.03. The van der Waals surface area contributed by atoms with Crippen LogP contribution in [0.5, 0.6) is 0 Å². The molecule has 1 aromatic rings. The van der Waals surface area contributed by atoms with Crippen molar-refractivity contribution in [2.45, 2.75) is 6.61 Å². The first-order valence-corrected chi connectivity index (χ1v) is 4.43. The Morgan fingerprint density at radius 3 is 2.53 bits per heavy atom. The first-order valence-electron chi connectivity index (χ1n) is 4.43. The van der Waals surface area contributed by atoms with Crippen molar-refractivity contribution < 1.29 is 14.7 Å². The summed E-state index contributed by atoms with van der Waals surface area (Å²) < 4.78 is 0. The predicted octanol–water partition coefficient (Wildman–Crippen LogP) is -0.137. The quantitative estimate of drug-likeness (QED) is 0.589. The van der Waals surface area contributed by atoms with Gasteiger partial charge in [-0.15, -0.1) is 0 Å². The van der Waals surface area contributed by atoms with Crippen LogP contribution >= 0.6 is 0 Å². The number of carbonyl (C=O) groups is 2. The standard InChI is InChI=1S/C10H12N2O3/c13-6-8-1-3-9(4-2-8)12-10(15)5-11-7-14/h1-4,7,13H,5-6H2,(H,11,14)(H,12,15). The zero-order chi connectivity index (χ0) is 11.1. The minimum Gasteiger partial charge on any atom is -0.392 e. The Kier molecular flexibility index (Phi) is 4.30. The van der Waals surface area contributed by atoms with Crippen LogP contribution in [0.3, 0.4) is 0 Å². The molecule has 1 aromatic carbocycles. The van der Waals surface area contributed by atoms with Gasteiger partial charge in [-0.2, -0.15) is 0 Å². The van der Waals surface area contributed by atoms with Gasteiger partial charge in [-0.1, -0.05) is 12.1 Å². The van der Waals surface area contributed by atoms with E-state index in [0.717, 1.165) is 5.56 Å². The molecule has 80 valence electrons. The average Bonchev–Trinajstić information content (AvgIpc) is 2.27. The highest BCUT2D eigenvalue weighted by molar-refractivity contribution is 5.93. The normalized spacial score (nSPS) is 9.40. The van der Waals surface area contributed by atoms with Crippen LogP contribution in [0.25, 0.3) is 0 Å². The number of rotatable bonds is 5. The highest BCUT2D eigenvalue weighted by atomic mass is 16.3. The number of aliphatic hydroxyl groups is 1. The van der Waals surface area contributed by atoms with Crippen molar-refractivity contribution in [3.05, 3.63) is 29.8 Å². The Balaban J connectivity index is 2.49. The molecule has 0 saturated carbocycles. The second-order valence-electron chi connectivity index (χ2n) is 2.90. The first kappa shape index (κ1) is 11.2. The smallest absolute Gasteiger partial charge is 0.243 e. The van der Waals surface area contributed by atoms with E-state index < -0.39 is 0 Å². The molecule has 15 heavy (non-hydrogen) atoms. The lowest BCUT2D eigenvalue weighted by atomic mass is 10.2. The maximum absolute atomic E-state index is 11.1. The predicted molar refractivity (Wildman–Crippen MR) is 55.1 cm³/mol. The molecule has 2 amide bonds. The van der Waals surface area contributed by atoms with E-state index in [4.69, 9.17) is 5.11 Å². The second kappa shape index (κ2) is 5.77. The van der Waals surface area contributed by atoms with Crippen LogP contribution < -0.4 is 10.6 Å². The molecule has 5 heteroatoms. The molecule has 0 heterocycles. The van der Waals surface area contributed by atoms with E-state index >= 15 is 0 Å². The Bertz CT molecular complexity index is 335. The summed E-state index contributed by atoms with van der Waals surface area (Å²) >= 11 is 0. The summed E-state index contributed by atoms with van der Waals surface area (Å²) in [5.41, 5.74) is 1.41. The number of benzene rings is 1. The van der Waals surface area contributed by atoms with Crippen LogP contribution in [-0.4, -0.2) is 24.0 Å². The van der Waals surface area contributed by atoms with Crippen molar-refractivity contribution in [2.24, 2.45) is 0 Å². The van der Waals surface area contributed by atoms with E-state index in [0.29, 0.717) is 12.1 Å². The molecule has 0 bridgehead atoms. The van der Waals surface area contributed by atoms with Crippen LogP contribution in [0.1, 0.15) is 5.56 Å². The molecule has 0 radical (unpaired) electrons. The van der Waals surface area contributed by atoms with Gasteiger partial charge in [0.1, 0.15) is 0 Å². The van der Waals surface area contributed by atoms with Crippen LogP contribution in [0, 0.1) is 0 Å². The summed E-state index contributed by atoms with van der Waals surface area (Å²) in [6.07, 6.45) is 0.467. The van der Waals surface area contributed by atoms with E-state index in [1.54, 1.807) is 24.3 Å². The summed E-state index contributed by atoms with van der Waals surface area (Å²) in [7, 11) is 0. The van der Waals surface area contributed by atoms with E-state index in [1.165, 1.54) is 0 Å².